The van der Waals surface area contributed by atoms with E-state index in [1.165, 1.54) is 10.5 Å². The Bertz CT molecular complexity index is 514. The summed E-state index contributed by atoms with van der Waals surface area (Å²) in [6, 6.07) is 3.60. The average molecular weight is 260 g/mol. The Hall–Kier alpha value is -1.68. The average Bonchev–Trinajstić information content (AvgIpc) is 2.32. The minimum atomic E-state index is -0.538. The van der Waals surface area contributed by atoms with Gasteiger partial charge in [0.2, 0.25) is 11.8 Å². The van der Waals surface area contributed by atoms with Gasteiger partial charge in [0.15, 0.2) is 0 Å². The number of nitrogens with zero attached hydrogens (tertiary/aromatic N) is 1. The number of rotatable bonds is 2. The number of carbonyl (C=O) groups is 2. The van der Waals surface area contributed by atoms with E-state index in [2.05, 4.69) is 12.1 Å². The van der Waals surface area contributed by atoms with Crippen LogP contribution in [-0.2, 0) is 16.1 Å². The van der Waals surface area contributed by atoms with Crippen molar-refractivity contribution in [3.05, 3.63) is 34.4 Å². The third-order valence-electron chi connectivity index (χ3n) is 3.71. The molecule has 0 saturated carbocycles. The number of imide groups is 1. The normalized spacial score (nSPS) is 20.0. The maximum atomic E-state index is 12.0. The molecule has 1 fully saturated rings. The highest BCUT2D eigenvalue weighted by Gasteiger charge is 2.32. The van der Waals surface area contributed by atoms with Crippen LogP contribution in [0.1, 0.15) is 35.1 Å². The lowest BCUT2D eigenvalue weighted by atomic mass is 9.97. The van der Waals surface area contributed by atoms with E-state index in [-0.39, 0.29) is 11.8 Å². The number of hydrogen-bond donors (Lipinski definition) is 1. The summed E-state index contributed by atoms with van der Waals surface area (Å²) < 4.78 is 0. The van der Waals surface area contributed by atoms with Gasteiger partial charge in [0.25, 0.3) is 0 Å². The Morgan fingerprint density at radius 3 is 2.37 bits per heavy atom. The molecule has 1 aliphatic rings. The molecule has 0 spiro atoms. The number of carbonyl (C=O) groups excluding carboxylic acids is 2. The zero-order chi connectivity index (χ0) is 14.2. The second-order valence-electron chi connectivity index (χ2n) is 5.34. The van der Waals surface area contributed by atoms with Gasteiger partial charge in [-0.15, -0.1) is 0 Å². The van der Waals surface area contributed by atoms with Crippen molar-refractivity contribution < 1.29 is 9.59 Å². The molecule has 2 amide bonds. The van der Waals surface area contributed by atoms with E-state index in [0.717, 1.165) is 16.7 Å². The highest BCUT2D eigenvalue weighted by atomic mass is 16.2. The van der Waals surface area contributed by atoms with Crippen molar-refractivity contribution in [2.45, 2.75) is 46.2 Å². The first kappa shape index (κ1) is 13.7. The Morgan fingerprint density at radius 1 is 1.21 bits per heavy atom. The molecule has 2 rings (SSSR count). The Morgan fingerprint density at radius 2 is 1.79 bits per heavy atom. The lowest BCUT2D eigenvalue weighted by Crippen LogP contribution is -2.50. The van der Waals surface area contributed by atoms with Crippen LogP contribution in [0.5, 0.6) is 0 Å². The zero-order valence-corrected chi connectivity index (χ0v) is 11.7. The Labute approximate surface area is 113 Å². The molecule has 4 heteroatoms. The fourth-order valence-corrected chi connectivity index (χ4v) is 2.64. The van der Waals surface area contributed by atoms with E-state index < -0.39 is 6.04 Å². The van der Waals surface area contributed by atoms with Crippen molar-refractivity contribution in [3.8, 4) is 0 Å². The summed E-state index contributed by atoms with van der Waals surface area (Å²) in [7, 11) is 0. The summed E-state index contributed by atoms with van der Waals surface area (Å²) in [6.45, 7) is 6.39. The highest BCUT2D eigenvalue weighted by Crippen LogP contribution is 2.21. The largest absolute Gasteiger partial charge is 0.320 e. The van der Waals surface area contributed by atoms with Gasteiger partial charge in [0.1, 0.15) is 0 Å². The van der Waals surface area contributed by atoms with Crippen LogP contribution in [0.15, 0.2) is 12.1 Å². The van der Waals surface area contributed by atoms with Crippen LogP contribution in [0.3, 0.4) is 0 Å². The van der Waals surface area contributed by atoms with E-state index in [1.807, 2.05) is 20.8 Å². The predicted molar refractivity (Wildman–Crippen MR) is 73.4 cm³/mol. The number of piperidine rings is 1. The minimum Gasteiger partial charge on any atom is -0.320 e. The third kappa shape index (κ3) is 2.68. The molecule has 0 aromatic heterocycles. The third-order valence-corrected chi connectivity index (χ3v) is 3.71. The van der Waals surface area contributed by atoms with Gasteiger partial charge >= 0.3 is 0 Å². The number of nitrogens with two attached hydrogens (primary N) is 1. The van der Waals surface area contributed by atoms with Gasteiger partial charge in [-0.2, -0.15) is 0 Å². The van der Waals surface area contributed by atoms with Crippen LogP contribution < -0.4 is 5.73 Å². The maximum Gasteiger partial charge on any atom is 0.246 e. The smallest absolute Gasteiger partial charge is 0.246 e. The Kier molecular flexibility index (Phi) is 3.71. The van der Waals surface area contributed by atoms with Gasteiger partial charge in [-0.3, -0.25) is 14.5 Å². The van der Waals surface area contributed by atoms with E-state index in [1.54, 1.807) is 0 Å². The molecule has 1 saturated heterocycles. The first-order valence-corrected chi connectivity index (χ1v) is 6.56. The lowest BCUT2D eigenvalue weighted by Gasteiger charge is -2.29. The van der Waals surface area contributed by atoms with E-state index in [0.29, 0.717) is 19.4 Å². The molecule has 1 aliphatic heterocycles. The molecule has 0 radical (unpaired) electrons. The second-order valence-corrected chi connectivity index (χ2v) is 5.34. The van der Waals surface area contributed by atoms with Crippen molar-refractivity contribution in [1.29, 1.82) is 0 Å². The predicted octanol–water partition coefficient (Wildman–Crippen LogP) is 1.59. The van der Waals surface area contributed by atoms with Crippen molar-refractivity contribution in [3.63, 3.8) is 0 Å². The summed E-state index contributed by atoms with van der Waals surface area (Å²) in [5.41, 5.74) is 10.2. The van der Waals surface area contributed by atoms with Crippen molar-refractivity contribution >= 4 is 11.8 Å². The first-order chi connectivity index (χ1) is 8.90. The quantitative estimate of drug-likeness (QED) is 0.821. The van der Waals surface area contributed by atoms with Gasteiger partial charge in [-0.1, -0.05) is 17.7 Å². The fourth-order valence-electron chi connectivity index (χ4n) is 2.64. The molecule has 1 aromatic rings. The van der Waals surface area contributed by atoms with E-state index >= 15 is 0 Å². The standard InChI is InChI=1S/C15H20N2O2/c1-9-6-10(2)12(11(3)7-9)8-17-14(18)5-4-13(16)15(17)19/h6-7,13H,4-5,8,16H2,1-3H3. The first-order valence-electron chi connectivity index (χ1n) is 6.56. The zero-order valence-electron chi connectivity index (χ0n) is 11.7. The van der Waals surface area contributed by atoms with Crippen molar-refractivity contribution in [2.24, 2.45) is 5.73 Å². The van der Waals surface area contributed by atoms with Crippen LogP contribution in [0.25, 0.3) is 0 Å². The summed E-state index contributed by atoms with van der Waals surface area (Å²) in [5, 5.41) is 0. The molecule has 1 atom stereocenters. The molecule has 1 unspecified atom stereocenters. The number of benzene rings is 1. The highest BCUT2D eigenvalue weighted by molar-refractivity contribution is 6.00. The summed E-state index contributed by atoms with van der Waals surface area (Å²) in [5.74, 6) is -0.373. The summed E-state index contributed by atoms with van der Waals surface area (Å²) in [4.78, 5) is 25.2. The summed E-state index contributed by atoms with van der Waals surface area (Å²) in [6.07, 6.45) is 0.816. The Balaban J connectivity index is 2.30. The SMILES string of the molecule is Cc1cc(C)c(CN2C(=O)CCC(N)C2=O)c(C)c1. The van der Waals surface area contributed by atoms with E-state index in [4.69, 9.17) is 5.73 Å². The van der Waals surface area contributed by atoms with Gasteiger partial charge in [-0.25, -0.2) is 0 Å². The van der Waals surface area contributed by atoms with Crippen molar-refractivity contribution in [1.82, 2.24) is 4.90 Å². The summed E-state index contributed by atoms with van der Waals surface area (Å²) >= 11 is 0. The van der Waals surface area contributed by atoms with Crippen LogP contribution in [0, 0.1) is 20.8 Å². The van der Waals surface area contributed by atoms with Gasteiger partial charge < -0.3 is 5.73 Å². The molecule has 102 valence electrons. The fraction of sp³-hybridized carbons (Fsp3) is 0.467. The molecule has 1 heterocycles. The maximum absolute atomic E-state index is 12.0. The molecular formula is C15H20N2O2. The number of likely N-dealkylation sites (tertiary alicyclic amines) is 1. The van der Waals surface area contributed by atoms with Crippen LogP contribution in [-0.4, -0.2) is 22.8 Å². The van der Waals surface area contributed by atoms with Crippen LogP contribution in [0.2, 0.25) is 0 Å². The lowest BCUT2D eigenvalue weighted by molar-refractivity contribution is -0.149. The molecule has 2 N–H and O–H groups in total. The van der Waals surface area contributed by atoms with Crippen molar-refractivity contribution in [2.75, 3.05) is 0 Å². The van der Waals surface area contributed by atoms with Gasteiger partial charge in [0.05, 0.1) is 12.6 Å². The number of hydrogen-bond acceptors (Lipinski definition) is 3. The molecular weight excluding hydrogens is 240 g/mol. The number of aryl methyl sites for hydroxylation is 3. The molecule has 1 aromatic carbocycles. The number of amides is 2. The molecule has 0 aliphatic carbocycles. The second kappa shape index (κ2) is 5.13. The monoisotopic (exact) mass is 260 g/mol. The van der Waals surface area contributed by atoms with Gasteiger partial charge in [-0.05, 0) is 43.9 Å². The molecule has 19 heavy (non-hydrogen) atoms. The topological polar surface area (TPSA) is 63.4 Å². The minimum absolute atomic E-state index is 0.119. The van der Waals surface area contributed by atoms with Crippen LogP contribution in [0.4, 0.5) is 0 Å². The van der Waals surface area contributed by atoms with Gasteiger partial charge in [0, 0.05) is 6.42 Å². The van der Waals surface area contributed by atoms with E-state index in [9.17, 15) is 9.59 Å². The molecule has 4 nitrogen and oxygen atoms in total. The van der Waals surface area contributed by atoms with Crippen LogP contribution >= 0.6 is 0 Å². The molecule has 0 bridgehead atoms.